The predicted octanol–water partition coefficient (Wildman–Crippen LogP) is 2.38. The highest BCUT2D eigenvalue weighted by Crippen LogP contribution is 2.11. The summed E-state index contributed by atoms with van der Waals surface area (Å²) < 4.78 is 4.98. The van der Waals surface area contributed by atoms with Gasteiger partial charge in [-0.1, -0.05) is 0 Å². The third kappa shape index (κ3) is 3.18. The van der Waals surface area contributed by atoms with Gasteiger partial charge in [0.05, 0.1) is 17.5 Å². The van der Waals surface area contributed by atoms with E-state index >= 15 is 0 Å². The van der Waals surface area contributed by atoms with Gasteiger partial charge in [-0.15, -0.1) is 11.3 Å². The van der Waals surface area contributed by atoms with E-state index in [1.807, 2.05) is 12.3 Å². The summed E-state index contributed by atoms with van der Waals surface area (Å²) in [5, 5.41) is 4.55. The zero-order valence-corrected chi connectivity index (χ0v) is 9.51. The molecule has 2 aromatic rings. The summed E-state index contributed by atoms with van der Waals surface area (Å²) in [5.74, 6) is 0. The first-order valence-corrected chi connectivity index (χ1v) is 5.79. The third-order valence-corrected chi connectivity index (χ3v) is 3.07. The molecule has 2 heterocycles. The first kappa shape index (κ1) is 10.4. The van der Waals surface area contributed by atoms with Crippen LogP contribution in [0.5, 0.6) is 0 Å². The molecule has 0 aliphatic carbocycles. The molecule has 80 valence electrons. The number of nitrogens with one attached hydrogen (secondary N) is 1. The standard InChI is InChI=1S/C11H14N2OS/c1-9-6-13-11(15-9)2-4-12-7-10-3-5-14-8-10/h3,5-6,8,12H,2,4,7H2,1H3. The van der Waals surface area contributed by atoms with Crippen LogP contribution in [0.1, 0.15) is 15.4 Å². The fourth-order valence-electron chi connectivity index (χ4n) is 1.34. The summed E-state index contributed by atoms with van der Waals surface area (Å²) in [7, 11) is 0. The Morgan fingerprint density at radius 2 is 2.47 bits per heavy atom. The zero-order chi connectivity index (χ0) is 10.5. The van der Waals surface area contributed by atoms with Gasteiger partial charge in [0.25, 0.3) is 0 Å². The van der Waals surface area contributed by atoms with Gasteiger partial charge in [-0.2, -0.15) is 0 Å². The summed E-state index contributed by atoms with van der Waals surface area (Å²) in [4.78, 5) is 5.59. The lowest BCUT2D eigenvalue weighted by atomic mass is 10.3. The van der Waals surface area contributed by atoms with E-state index in [2.05, 4.69) is 17.2 Å². The highest BCUT2D eigenvalue weighted by atomic mass is 32.1. The number of hydrogen-bond donors (Lipinski definition) is 1. The molecule has 2 aromatic heterocycles. The lowest BCUT2D eigenvalue weighted by Gasteiger charge is -1.99. The van der Waals surface area contributed by atoms with E-state index < -0.39 is 0 Å². The average molecular weight is 222 g/mol. The minimum absolute atomic E-state index is 0.862. The molecule has 0 aliphatic heterocycles. The van der Waals surface area contributed by atoms with E-state index in [1.54, 1.807) is 23.9 Å². The first-order valence-electron chi connectivity index (χ1n) is 4.98. The van der Waals surface area contributed by atoms with Crippen molar-refractivity contribution in [3.63, 3.8) is 0 Å². The van der Waals surface area contributed by atoms with Crippen LogP contribution in [-0.2, 0) is 13.0 Å². The Labute approximate surface area is 93.2 Å². The van der Waals surface area contributed by atoms with Crippen LogP contribution >= 0.6 is 11.3 Å². The van der Waals surface area contributed by atoms with E-state index in [1.165, 1.54) is 15.4 Å². The zero-order valence-electron chi connectivity index (χ0n) is 8.69. The third-order valence-electron chi connectivity index (χ3n) is 2.09. The summed E-state index contributed by atoms with van der Waals surface area (Å²) in [6.07, 6.45) is 6.38. The molecule has 0 atom stereocenters. The Morgan fingerprint density at radius 3 is 3.13 bits per heavy atom. The van der Waals surface area contributed by atoms with E-state index in [0.29, 0.717) is 0 Å². The van der Waals surface area contributed by atoms with E-state index in [-0.39, 0.29) is 0 Å². The Kier molecular flexibility index (Phi) is 3.53. The Balaban J connectivity index is 1.67. The minimum atomic E-state index is 0.862. The second-order valence-electron chi connectivity index (χ2n) is 3.42. The van der Waals surface area contributed by atoms with Crippen molar-refractivity contribution in [2.45, 2.75) is 19.9 Å². The number of aryl methyl sites for hydroxylation is 1. The van der Waals surface area contributed by atoms with Crippen LogP contribution in [0.4, 0.5) is 0 Å². The van der Waals surface area contributed by atoms with Crippen LogP contribution in [0, 0.1) is 6.92 Å². The molecule has 0 aliphatic rings. The molecule has 0 aromatic carbocycles. The molecule has 3 nitrogen and oxygen atoms in total. The smallest absolute Gasteiger partial charge is 0.0947 e. The van der Waals surface area contributed by atoms with Crippen molar-refractivity contribution in [3.8, 4) is 0 Å². The van der Waals surface area contributed by atoms with Crippen molar-refractivity contribution >= 4 is 11.3 Å². The molecule has 1 N–H and O–H groups in total. The number of thiazole rings is 1. The monoisotopic (exact) mass is 222 g/mol. The van der Waals surface area contributed by atoms with Gasteiger partial charge in [0.2, 0.25) is 0 Å². The average Bonchev–Trinajstić information content (AvgIpc) is 2.84. The van der Waals surface area contributed by atoms with Crippen molar-refractivity contribution < 1.29 is 4.42 Å². The van der Waals surface area contributed by atoms with Crippen molar-refractivity contribution in [2.75, 3.05) is 6.54 Å². The Bertz CT molecular complexity index is 394. The van der Waals surface area contributed by atoms with Gasteiger partial charge in [0.1, 0.15) is 0 Å². The quantitative estimate of drug-likeness (QED) is 0.789. The molecule has 0 saturated heterocycles. The van der Waals surface area contributed by atoms with Crippen LogP contribution in [0.2, 0.25) is 0 Å². The molecular formula is C11H14N2OS. The summed E-state index contributed by atoms with van der Waals surface area (Å²) >= 11 is 1.77. The SMILES string of the molecule is Cc1cnc(CCNCc2ccoc2)s1. The Morgan fingerprint density at radius 1 is 1.53 bits per heavy atom. The fourth-order valence-corrected chi connectivity index (χ4v) is 2.12. The lowest BCUT2D eigenvalue weighted by molar-refractivity contribution is 0.560. The van der Waals surface area contributed by atoms with Crippen LogP contribution in [-0.4, -0.2) is 11.5 Å². The summed E-state index contributed by atoms with van der Waals surface area (Å²) in [6, 6.07) is 1.97. The van der Waals surface area contributed by atoms with E-state index in [9.17, 15) is 0 Å². The number of aromatic nitrogens is 1. The maximum Gasteiger partial charge on any atom is 0.0947 e. The maximum absolute atomic E-state index is 4.98. The van der Waals surface area contributed by atoms with Gasteiger partial charge in [-0.05, 0) is 13.0 Å². The van der Waals surface area contributed by atoms with Gasteiger partial charge in [0, 0.05) is 36.1 Å². The molecule has 0 spiro atoms. The molecule has 0 saturated carbocycles. The number of nitrogens with zero attached hydrogens (tertiary/aromatic N) is 1. The normalized spacial score (nSPS) is 10.7. The number of hydrogen-bond acceptors (Lipinski definition) is 4. The van der Waals surface area contributed by atoms with Crippen LogP contribution < -0.4 is 5.32 Å². The van der Waals surface area contributed by atoms with Crippen LogP contribution in [0.3, 0.4) is 0 Å². The van der Waals surface area contributed by atoms with Crippen LogP contribution in [0.15, 0.2) is 29.2 Å². The van der Waals surface area contributed by atoms with Gasteiger partial charge in [0.15, 0.2) is 0 Å². The molecule has 0 unspecified atom stereocenters. The fraction of sp³-hybridized carbons (Fsp3) is 0.364. The van der Waals surface area contributed by atoms with Gasteiger partial charge in [-0.3, -0.25) is 0 Å². The maximum atomic E-state index is 4.98. The van der Waals surface area contributed by atoms with Crippen molar-refractivity contribution in [3.05, 3.63) is 40.2 Å². The van der Waals surface area contributed by atoms with Crippen LogP contribution in [0.25, 0.3) is 0 Å². The predicted molar refractivity (Wildman–Crippen MR) is 61.0 cm³/mol. The van der Waals surface area contributed by atoms with Gasteiger partial charge < -0.3 is 9.73 Å². The highest BCUT2D eigenvalue weighted by molar-refractivity contribution is 7.11. The molecule has 15 heavy (non-hydrogen) atoms. The molecule has 2 rings (SSSR count). The molecule has 0 fully saturated rings. The van der Waals surface area contributed by atoms with E-state index in [4.69, 9.17) is 4.42 Å². The molecule has 0 radical (unpaired) electrons. The van der Waals surface area contributed by atoms with Crippen molar-refractivity contribution in [1.82, 2.24) is 10.3 Å². The topological polar surface area (TPSA) is 38.1 Å². The van der Waals surface area contributed by atoms with E-state index in [0.717, 1.165) is 19.5 Å². The summed E-state index contributed by atoms with van der Waals surface area (Å²) in [5.41, 5.74) is 1.19. The largest absolute Gasteiger partial charge is 0.472 e. The summed E-state index contributed by atoms with van der Waals surface area (Å²) in [6.45, 7) is 3.90. The van der Waals surface area contributed by atoms with Crippen molar-refractivity contribution in [1.29, 1.82) is 0 Å². The molecule has 4 heteroatoms. The minimum Gasteiger partial charge on any atom is -0.472 e. The lowest BCUT2D eigenvalue weighted by Crippen LogP contribution is -2.16. The van der Waals surface area contributed by atoms with Crippen molar-refractivity contribution in [2.24, 2.45) is 0 Å². The molecule has 0 amide bonds. The second-order valence-corrected chi connectivity index (χ2v) is 4.74. The molecule has 0 bridgehead atoms. The number of furan rings is 1. The van der Waals surface area contributed by atoms with Gasteiger partial charge in [-0.25, -0.2) is 4.98 Å². The van der Waals surface area contributed by atoms with Gasteiger partial charge >= 0.3 is 0 Å². The highest BCUT2D eigenvalue weighted by Gasteiger charge is 1.98. The molecular weight excluding hydrogens is 208 g/mol. The number of rotatable bonds is 5. The second kappa shape index (κ2) is 5.09. The first-order chi connectivity index (χ1) is 7.34. The Hall–Kier alpha value is -1.13.